The number of nitrogens with zero attached hydrogens (tertiary/aromatic N) is 2. The van der Waals surface area contributed by atoms with E-state index >= 15 is 0 Å². The smallest absolute Gasteiger partial charge is 0.254 e. The van der Waals surface area contributed by atoms with Crippen LogP contribution in [0.25, 0.3) is 0 Å². The number of aromatic hydroxyl groups is 2. The summed E-state index contributed by atoms with van der Waals surface area (Å²) in [5.74, 6) is -0.862. The molecular weight excluding hydrogens is 236 g/mol. The van der Waals surface area contributed by atoms with Crippen LogP contribution in [0.2, 0.25) is 0 Å². The van der Waals surface area contributed by atoms with Gasteiger partial charge in [-0.15, -0.1) is 0 Å². The van der Waals surface area contributed by atoms with Crippen LogP contribution in [0.5, 0.6) is 11.5 Å². The molecule has 0 bridgehead atoms. The first-order valence-electron chi connectivity index (χ1n) is 5.53. The number of hydrogen-bond donors (Lipinski definition) is 2. The summed E-state index contributed by atoms with van der Waals surface area (Å²) in [6.07, 6.45) is 0. The second-order valence-corrected chi connectivity index (χ2v) is 4.28. The largest absolute Gasteiger partial charge is 0.508 e. The fourth-order valence-electron chi connectivity index (χ4n) is 1.83. The predicted octanol–water partition coefficient (Wildman–Crippen LogP) is 0.0120. The van der Waals surface area contributed by atoms with Gasteiger partial charge in [0.15, 0.2) is 0 Å². The first-order chi connectivity index (χ1) is 8.47. The molecule has 96 valence electrons. The minimum absolute atomic E-state index is 0.0196. The molecule has 1 heterocycles. The number of hydrogen-bond acceptors (Lipinski definition) is 4. The van der Waals surface area contributed by atoms with Gasteiger partial charge in [0.2, 0.25) is 5.91 Å². The molecule has 2 amide bonds. The molecule has 0 radical (unpaired) electrons. The van der Waals surface area contributed by atoms with Crippen molar-refractivity contribution >= 4 is 11.8 Å². The molecule has 1 aromatic rings. The first kappa shape index (κ1) is 12.2. The summed E-state index contributed by atoms with van der Waals surface area (Å²) in [7, 11) is 1.68. The van der Waals surface area contributed by atoms with Gasteiger partial charge in [0.25, 0.3) is 5.91 Å². The van der Waals surface area contributed by atoms with Gasteiger partial charge in [0.1, 0.15) is 18.0 Å². The number of benzene rings is 1. The molecule has 18 heavy (non-hydrogen) atoms. The molecule has 1 aliphatic rings. The van der Waals surface area contributed by atoms with Gasteiger partial charge in [-0.2, -0.15) is 0 Å². The molecule has 1 fully saturated rings. The molecule has 0 saturated carbocycles. The summed E-state index contributed by atoms with van der Waals surface area (Å²) in [6.45, 7) is 0.943. The highest BCUT2D eigenvalue weighted by atomic mass is 16.3. The van der Waals surface area contributed by atoms with Crippen molar-refractivity contribution in [2.45, 2.75) is 0 Å². The lowest BCUT2D eigenvalue weighted by atomic mass is 10.1. The maximum absolute atomic E-state index is 12.1. The van der Waals surface area contributed by atoms with Crippen LogP contribution in [0.4, 0.5) is 0 Å². The minimum atomic E-state index is -0.373. The van der Waals surface area contributed by atoms with Gasteiger partial charge in [-0.25, -0.2) is 0 Å². The number of rotatable bonds is 1. The maximum Gasteiger partial charge on any atom is 0.254 e. The summed E-state index contributed by atoms with van der Waals surface area (Å²) in [5, 5.41) is 18.7. The highest BCUT2D eigenvalue weighted by Gasteiger charge is 2.25. The summed E-state index contributed by atoms with van der Waals surface area (Å²) in [4.78, 5) is 26.6. The van der Waals surface area contributed by atoms with Crippen molar-refractivity contribution < 1.29 is 19.8 Å². The molecule has 0 unspecified atom stereocenters. The Kier molecular flexibility index (Phi) is 3.10. The van der Waals surface area contributed by atoms with Gasteiger partial charge in [-0.05, 0) is 12.1 Å². The van der Waals surface area contributed by atoms with E-state index in [4.69, 9.17) is 0 Å². The van der Waals surface area contributed by atoms with Crippen molar-refractivity contribution in [3.63, 3.8) is 0 Å². The Hall–Kier alpha value is -2.24. The number of carbonyl (C=O) groups is 2. The third kappa shape index (κ3) is 2.37. The van der Waals surface area contributed by atoms with E-state index in [2.05, 4.69) is 0 Å². The summed E-state index contributed by atoms with van der Waals surface area (Å²) >= 11 is 0. The van der Waals surface area contributed by atoms with E-state index in [1.807, 2.05) is 0 Å². The lowest BCUT2D eigenvalue weighted by Crippen LogP contribution is -2.50. The Bertz CT molecular complexity index is 481. The fraction of sp³-hybridized carbons (Fsp3) is 0.333. The zero-order chi connectivity index (χ0) is 13.3. The van der Waals surface area contributed by atoms with Crippen molar-refractivity contribution in [3.05, 3.63) is 23.8 Å². The minimum Gasteiger partial charge on any atom is -0.508 e. The molecule has 1 aromatic carbocycles. The number of amides is 2. The van der Waals surface area contributed by atoms with E-state index in [1.165, 1.54) is 17.0 Å². The third-order valence-electron chi connectivity index (χ3n) is 2.89. The zero-order valence-corrected chi connectivity index (χ0v) is 9.96. The molecule has 6 heteroatoms. The van der Waals surface area contributed by atoms with Crippen molar-refractivity contribution in [2.75, 3.05) is 26.7 Å². The van der Waals surface area contributed by atoms with Gasteiger partial charge in [-0.1, -0.05) is 0 Å². The molecule has 1 saturated heterocycles. The standard InChI is InChI=1S/C12H14N2O4/c1-13-2-3-14(7-11(13)17)12(18)8-4-9(15)6-10(16)5-8/h4-6,15-16H,2-3,7H2,1H3. The molecular formula is C12H14N2O4. The quantitative estimate of drug-likeness (QED) is 0.735. The number of carbonyl (C=O) groups excluding carboxylic acids is 2. The summed E-state index contributed by atoms with van der Waals surface area (Å²) < 4.78 is 0. The lowest BCUT2D eigenvalue weighted by Gasteiger charge is -2.32. The van der Waals surface area contributed by atoms with Gasteiger partial charge < -0.3 is 20.0 Å². The Labute approximate surface area is 104 Å². The van der Waals surface area contributed by atoms with Gasteiger partial charge >= 0.3 is 0 Å². The Morgan fingerprint density at radius 1 is 1.17 bits per heavy atom. The second-order valence-electron chi connectivity index (χ2n) is 4.28. The number of piperazine rings is 1. The van der Waals surface area contributed by atoms with Crippen LogP contribution >= 0.6 is 0 Å². The van der Waals surface area contributed by atoms with Crippen molar-refractivity contribution in [1.82, 2.24) is 9.80 Å². The van der Waals surface area contributed by atoms with Crippen LogP contribution in [0.15, 0.2) is 18.2 Å². The van der Waals surface area contributed by atoms with E-state index in [0.29, 0.717) is 13.1 Å². The molecule has 0 atom stereocenters. The van der Waals surface area contributed by atoms with Crippen molar-refractivity contribution in [1.29, 1.82) is 0 Å². The normalized spacial score (nSPS) is 15.9. The Morgan fingerprint density at radius 2 is 1.78 bits per heavy atom. The van der Waals surface area contributed by atoms with Crippen molar-refractivity contribution in [3.8, 4) is 11.5 Å². The van der Waals surface area contributed by atoms with E-state index in [1.54, 1.807) is 11.9 Å². The average Bonchev–Trinajstić information content (AvgIpc) is 2.30. The lowest BCUT2D eigenvalue weighted by molar-refractivity contribution is -0.133. The molecule has 2 N–H and O–H groups in total. The van der Waals surface area contributed by atoms with E-state index < -0.39 is 0 Å². The number of likely N-dealkylation sites (N-methyl/N-ethyl adjacent to an activating group) is 1. The maximum atomic E-state index is 12.1. The van der Waals surface area contributed by atoms with E-state index in [0.717, 1.165) is 6.07 Å². The van der Waals surface area contributed by atoms with Gasteiger partial charge in [0, 0.05) is 31.8 Å². The molecule has 1 aliphatic heterocycles. The average molecular weight is 250 g/mol. The molecule has 2 rings (SSSR count). The highest BCUT2D eigenvalue weighted by Crippen LogP contribution is 2.21. The summed E-state index contributed by atoms with van der Waals surface area (Å²) in [6, 6.07) is 3.68. The molecule has 0 spiro atoms. The molecule has 6 nitrogen and oxygen atoms in total. The molecule has 0 aliphatic carbocycles. The SMILES string of the molecule is CN1CCN(C(=O)c2cc(O)cc(O)c2)CC1=O. The Morgan fingerprint density at radius 3 is 2.33 bits per heavy atom. The number of phenolic OH excluding ortho intramolecular Hbond substituents is 2. The third-order valence-corrected chi connectivity index (χ3v) is 2.89. The van der Waals surface area contributed by atoms with E-state index in [9.17, 15) is 19.8 Å². The monoisotopic (exact) mass is 250 g/mol. The Balaban J connectivity index is 2.18. The number of phenols is 2. The molecule has 0 aromatic heterocycles. The van der Waals surface area contributed by atoms with Gasteiger partial charge in [-0.3, -0.25) is 9.59 Å². The summed E-state index contributed by atoms with van der Waals surface area (Å²) in [5.41, 5.74) is 0.171. The zero-order valence-electron chi connectivity index (χ0n) is 9.96. The first-order valence-corrected chi connectivity index (χ1v) is 5.53. The van der Waals surface area contributed by atoms with E-state index in [-0.39, 0.29) is 35.4 Å². The second kappa shape index (κ2) is 4.56. The fourth-order valence-corrected chi connectivity index (χ4v) is 1.83. The van der Waals surface area contributed by atoms with Gasteiger partial charge in [0.05, 0.1) is 0 Å². The topological polar surface area (TPSA) is 81.1 Å². The van der Waals surface area contributed by atoms with Crippen LogP contribution in [-0.4, -0.2) is 58.5 Å². The highest BCUT2D eigenvalue weighted by molar-refractivity contribution is 5.97. The van der Waals surface area contributed by atoms with Crippen LogP contribution in [0.3, 0.4) is 0 Å². The van der Waals surface area contributed by atoms with Crippen molar-refractivity contribution in [2.24, 2.45) is 0 Å². The van der Waals surface area contributed by atoms with Crippen LogP contribution in [0, 0.1) is 0 Å². The predicted molar refractivity (Wildman–Crippen MR) is 63.3 cm³/mol. The van der Waals surface area contributed by atoms with Crippen LogP contribution in [-0.2, 0) is 4.79 Å². The van der Waals surface area contributed by atoms with Crippen LogP contribution in [0.1, 0.15) is 10.4 Å². The van der Waals surface area contributed by atoms with Crippen LogP contribution < -0.4 is 0 Å².